The zero-order chi connectivity index (χ0) is 13.3. The van der Waals surface area contributed by atoms with Gasteiger partial charge in [-0.15, -0.1) is 11.3 Å². The quantitative estimate of drug-likeness (QED) is 0.914. The highest BCUT2D eigenvalue weighted by Gasteiger charge is 2.34. The summed E-state index contributed by atoms with van der Waals surface area (Å²) in [6, 6.07) is 2.62. The van der Waals surface area contributed by atoms with E-state index >= 15 is 0 Å². The number of alkyl halides is 3. The van der Waals surface area contributed by atoms with Crippen LogP contribution in [0.1, 0.15) is 15.5 Å². The van der Waals surface area contributed by atoms with E-state index in [0.29, 0.717) is 16.9 Å². The first kappa shape index (κ1) is 12.5. The molecule has 0 saturated heterocycles. The molecule has 4 nitrogen and oxygen atoms in total. The molecule has 8 heteroatoms. The number of thiazole rings is 1. The highest BCUT2D eigenvalue weighted by atomic mass is 32.1. The first-order valence-electron chi connectivity index (χ1n) is 4.60. The molecule has 0 bridgehead atoms. The van der Waals surface area contributed by atoms with Gasteiger partial charge in [0.2, 0.25) is 0 Å². The molecule has 0 radical (unpaired) electrons. The number of aromatic carboxylic acids is 1. The third-order valence-electron chi connectivity index (χ3n) is 2.02. The van der Waals surface area contributed by atoms with Crippen LogP contribution in [0.3, 0.4) is 0 Å². The van der Waals surface area contributed by atoms with Crippen molar-refractivity contribution in [2.45, 2.75) is 6.18 Å². The van der Waals surface area contributed by atoms with Crippen molar-refractivity contribution in [1.82, 2.24) is 9.97 Å². The van der Waals surface area contributed by atoms with E-state index < -0.39 is 17.2 Å². The van der Waals surface area contributed by atoms with Crippen LogP contribution < -0.4 is 0 Å². The van der Waals surface area contributed by atoms with Crippen LogP contribution in [0.25, 0.3) is 10.4 Å². The Kier molecular flexibility index (Phi) is 3.04. The van der Waals surface area contributed by atoms with Crippen molar-refractivity contribution in [3.63, 3.8) is 0 Å². The molecular formula is C10H5F3N2O2S. The van der Waals surface area contributed by atoms with Crippen LogP contribution in [-0.2, 0) is 6.18 Å². The summed E-state index contributed by atoms with van der Waals surface area (Å²) in [4.78, 5) is 17.7. The summed E-state index contributed by atoms with van der Waals surface area (Å²) in [5.74, 6) is -1.19. The largest absolute Gasteiger partial charge is 0.477 e. The van der Waals surface area contributed by atoms with Crippen LogP contribution in [0.15, 0.2) is 24.5 Å². The maximum atomic E-state index is 12.3. The molecule has 1 N–H and O–H groups in total. The summed E-state index contributed by atoms with van der Waals surface area (Å²) in [6.45, 7) is 0. The highest BCUT2D eigenvalue weighted by molar-refractivity contribution is 7.15. The molecule has 2 rings (SSSR count). The van der Waals surface area contributed by atoms with Crippen LogP contribution in [0, 0.1) is 0 Å². The number of carboxylic acids is 1. The van der Waals surface area contributed by atoms with E-state index in [1.54, 1.807) is 0 Å². The standard InChI is InChI=1S/C10H5F3N2O2S/c11-10(12,13)9-15-4-7(18-9)5-1-2-6(8(16)17)14-3-5/h1-4H,(H,16,17). The molecular weight excluding hydrogens is 269 g/mol. The van der Waals surface area contributed by atoms with Crippen molar-refractivity contribution in [3.8, 4) is 10.4 Å². The van der Waals surface area contributed by atoms with Crippen molar-refractivity contribution in [2.75, 3.05) is 0 Å². The van der Waals surface area contributed by atoms with Crippen molar-refractivity contribution in [2.24, 2.45) is 0 Å². The third kappa shape index (κ3) is 2.48. The maximum absolute atomic E-state index is 12.3. The Morgan fingerprint density at radius 3 is 2.39 bits per heavy atom. The van der Waals surface area contributed by atoms with E-state index in [0.717, 1.165) is 6.20 Å². The number of pyridine rings is 1. The average molecular weight is 274 g/mol. The summed E-state index contributed by atoms with van der Waals surface area (Å²) in [5.41, 5.74) is 0.229. The van der Waals surface area contributed by atoms with Gasteiger partial charge in [-0.05, 0) is 12.1 Å². The summed E-state index contributed by atoms with van der Waals surface area (Å²) < 4.78 is 37.0. The van der Waals surface area contributed by atoms with E-state index in [2.05, 4.69) is 9.97 Å². The molecule has 0 aromatic carbocycles. The lowest BCUT2D eigenvalue weighted by Gasteiger charge is -1.99. The number of halogens is 3. The number of carboxylic acid groups (broad SMARTS) is 1. The minimum absolute atomic E-state index is 0.167. The number of rotatable bonds is 2. The molecule has 0 aliphatic carbocycles. The number of aromatic nitrogens is 2. The number of carbonyl (C=O) groups is 1. The van der Waals surface area contributed by atoms with E-state index in [1.807, 2.05) is 0 Å². The van der Waals surface area contributed by atoms with Crippen molar-refractivity contribution < 1.29 is 23.1 Å². The van der Waals surface area contributed by atoms with Crippen LogP contribution in [0.5, 0.6) is 0 Å². The smallest absolute Gasteiger partial charge is 0.443 e. The molecule has 2 aromatic heterocycles. The lowest BCUT2D eigenvalue weighted by molar-refractivity contribution is -0.137. The van der Waals surface area contributed by atoms with Gasteiger partial charge in [0.15, 0.2) is 5.01 Å². The molecule has 0 aliphatic rings. The van der Waals surface area contributed by atoms with E-state index in [4.69, 9.17) is 5.11 Å². The predicted molar refractivity (Wildman–Crippen MR) is 57.3 cm³/mol. The minimum atomic E-state index is -4.47. The first-order valence-corrected chi connectivity index (χ1v) is 5.42. The molecule has 0 spiro atoms. The Morgan fingerprint density at radius 2 is 1.94 bits per heavy atom. The number of hydrogen-bond donors (Lipinski definition) is 1. The molecule has 0 atom stereocenters. The zero-order valence-corrected chi connectivity index (χ0v) is 9.42. The molecule has 2 aromatic rings. The first-order chi connectivity index (χ1) is 8.38. The molecule has 94 valence electrons. The SMILES string of the molecule is O=C(O)c1ccc(-c2cnc(C(F)(F)F)s2)cn1. The topological polar surface area (TPSA) is 63.1 Å². The van der Waals surface area contributed by atoms with E-state index in [9.17, 15) is 18.0 Å². The lowest BCUT2D eigenvalue weighted by Crippen LogP contribution is -2.02. The molecule has 0 unspecified atom stereocenters. The second kappa shape index (κ2) is 4.37. The van der Waals surface area contributed by atoms with Crippen molar-refractivity contribution >= 4 is 17.3 Å². The third-order valence-corrected chi connectivity index (χ3v) is 3.11. The summed E-state index contributed by atoms with van der Waals surface area (Å²) in [5, 5.41) is 7.69. The van der Waals surface area contributed by atoms with Gasteiger partial charge in [0, 0.05) is 18.0 Å². The number of nitrogens with zero attached hydrogens (tertiary/aromatic N) is 2. The predicted octanol–water partition coefficient (Wildman–Crippen LogP) is 2.92. The fourth-order valence-electron chi connectivity index (χ4n) is 1.20. The van der Waals surface area contributed by atoms with Gasteiger partial charge in [0.1, 0.15) is 5.69 Å². The zero-order valence-electron chi connectivity index (χ0n) is 8.60. The summed E-state index contributed by atoms with van der Waals surface area (Å²) >= 11 is 0.484. The lowest BCUT2D eigenvalue weighted by atomic mass is 10.2. The Balaban J connectivity index is 2.32. The molecule has 0 amide bonds. The summed E-state index contributed by atoms with van der Waals surface area (Å²) in [6.07, 6.45) is -2.18. The number of hydrogen-bond acceptors (Lipinski definition) is 4. The van der Waals surface area contributed by atoms with Crippen molar-refractivity contribution in [3.05, 3.63) is 35.2 Å². The molecule has 0 saturated carbocycles. The van der Waals surface area contributed by atoms with Crippen LogP contribution in [-0.4, -0.2) is 21.0 Å². The molecule has 0 fully saturated rings. The fraction of sp³-hybridized carbons (Fsp3) is 0.100. The van der Waals surface area contributed by atoms with Gasteiger partial charge in [-0.2, -0.15) is 13.2 Å². The van der Waals surface area contributed by atoms with Gasteiger partial charge in [-0.3, -0.25) is 0 Å². The minimum Gasteiger partial charge on any atom is -0.477 e. The van der Waals surface area contributed by atoms with Crippen molar-refractivity contribution in [1.29, 1.82) is 0 Å². The average Bonchev–Trinajstić information content (AvgIpc) is 2.78. The Hall–Kier alpha value is -1.96. The van der Waals surface area contributed by atoms with E-state index in [1.165, 1.54) is 18.3 Å². The molecule has 2 heterocycles. The van der Waals surface area contributed by atoms with Crippen LogP contribution in [0.4, 0.5) is 13.2 Å². The Bertz CT molecular complexity index is 578. The summed E-state index contributed by atoms with van der Waals surface area (Å²) in [7, 11) is 0. The Morgan fingerprint density at radius 1 is 1.22 bits per heavy atom. The van der Waals surface area contributed by atoms with Gasteiger partial charge < -0.3 is 5.11 Å². The maximum Gasteiger partial charge on any atom is 0.443 e. The monoisotopic (exact) mass is 274 g/mol. The van der Waals surface area contributed by atoms with Gasteiger partial charge in [-0.25, -0.2) is 14.8 Å². The Labute approximate surface area is 103 Å². The normalized spacial score (nSPS) is 11.5. The van der Waals surface area contributed by atoms with Gasteiger partial charge in [-0.1, -0.05) is 0 Å². The molecule has 0 aliphatic heterocycles. The van der Waals surface area contributed by atoms with Gasteiger partial charge in [0.05, 0.1) is 4.88 Å². The van der Waals surface area contributed by atoms with E-state index in [-0.39, 0.29) is 10.6 Å². The van der Waals surface area contributed by atoms with Gasteiger partial charge >= 0.3 is 12.1 Å². The van der Waals surface area contributed by atoms with Crippen LogP contribution in [0.2, 0.25) is 0 Å². The second-order valence-corrected chi connectivity index (χ2v) is 4.30. The van der Waals surface area contributed by atoms with Crippen LogP contribution >= 0.6 is 11.3 Å². The highest BCUT2D eigenvalue weighted by Crippen LogP contribution is 2.35. The molecule has 18 heavy (non-hydrogen) atoms. The fourth-order valence-corrected chi connectivity index (χ4v) is 1.98. The van der Waals surface area contributed by atoms with Gasteiger partial charge in [0.25, 0.3) is 0 Å². The second-order valence-electron chi connectivity index (χ2n) is 3.26.